The van der Waals surface area contributed by atoms with Crippen LogP contribution in [0.1, 0.15) is 58.6 Å². The van der Waals surface area contributed by atoms with Crippen molar-refractivity contribution in [3.05, 3.63) is 23.3 Å². The Bertz CT molecular complexity index is 601. The summed E-state index contributed by atoms with van der Waals surface area (Å²) in [5.74, 6) is 0.741. The first-order valence-corrected chi connectivity index (χ1v) is 9.54. The zero-order valence-electron chi connectivity index (χ0n) is 13.7. The predicted octanol–water partition coefficient (Wildman–Crippen LogP) is 4.79. The average molecular weight is 333 g/mol. The summed E-state index contributed by atoms with van der Waals surface area (Å²) in [5.41, 5.74) is 1.23. The third-order valence-corrected chi connectivity index (χ3v) is 4.84. The lowest BCUT2D eigenvalue weighted by molar-refractivity contribution is 0.205. The lowest BCUT2D eigenvalue weighted by Crippen LogP contribution is -2.18. The molecular formula is C16H25ClO3S. The molecule has 0 N–H and O–H groups in total. The number of hydrogen-bond donors (Lipinski definition) is 0. The first kappa shape index (κ1) is 18.3. The summed E-state index contributed by atoms with van der Waals surface area (Å²) < 4.78 is 29.4. The number of benzene rings is 1. The van der Waals surface area contributed by atoms with E-state index in [0.717, 1.165) is 24.2 Å². The van der Waals surface area contributed by atoms with Crippen LogP contribution >= 0.6 is 10.7 Å². The van der Waals surface area contributed by atoms with Crippen molar-refractivity contribution >= 4 is 19.7 Å². The van der Waals surface area contributed by atoms with E-state index in [2.05, 4.69) is 6.92 Å². The largest absolute Gasteiger partial charge is 0.490 e. The SMILES string of the molecule is CCCC(C)Oc1cc(C)c(S(=O)(=O)Cl)cc1C(C)(C)C. The molecule has 0 aromatic heterocycles. The van der Waals surface area contributed by atoms with Gasteiger partial charge < -0.3 is 4.74 Å². The van der Waals surface area contributed by atoms with E-state index >= 15 is 0 Å². The number of rotatable bonds is 5. The van der Waals surface area contributed by atoms with Crippen molar-refractivity contribution in [1.29, 1.82) is 0 Å². The van der Waals surface area contributed by atoms with E-state index in [4.69, 9.17) is 15.4 Å². The van der Waals surface area contributed by atoms with Gasteiger partial charge in [-0.1, -0.05) is 34.1 Å². The molecule has 1 unspecified atom stereocenters. The molecule has 0 heterocycles. The van der Waals surface area contributed by atoms with E-state index < -0.39 is 9.05 Å². The van der Waals surface area contributed by atoms with Crippen LogP contribution in [0.5, 0.6) is 5.75 Å². The van der Waals surface area contributed by atoms with Gasteiger partial charge in [0.1, 0.15) is 5.75 Å². The number of halogens is 1. The van der Waals surface area contributed by atoms with Crippen LogP contribution in [0, 0.1) is 6.92 Å². The molecule has 0 fully saturated rings. The Hall–Kier alpha value is -0.740. The van der Waals surface area contributed by atoms with Crippen molar-refractivity contribution in [2.24, 2.45) is 0 Å². The zero-order valence-corrected chi connectivity index (χ0v) is 15.2. The molecule has 1 atom stereocenters. The highest BCUT2D eigenvalue weighted by atomic mass is 35.7. The topological polar surface area (TPSA) is 43.4 Å². The Morgan fingerprint density at radius 3 is 2.29 bits per heavy atom. The van der Waals surface area contributed by atoms with Gasteiger partial charge in [-0.2, -0.15) is 0 Å². The van der Waals surface area contributed by atoms with Crippen LogP contribution in [-0.2, 0) is 14.5 Å². The highest BCUT2D eigenvalue weighted by Crippen LogP contribution is 2.36. The molecule has 0 aliphatic rings. The molecule has 0 saturated heterocycles. The Morgan fingerprint density at radius 1 is 1.29 bits per heavy atom. The van der Waals surface area contributed by atoms with Crippen molar-refractivity contribution in [3.63, 3.8) is 0 Å². The van der Waals surface area contributed by atoms with Crippen molar-refractivity contribution in [3.8, 4) is 5.75 Å². The number of hydrogen-bond acceptors (Lipinski definition) is 3. The molecule has 0 aliphatic carbocycles. The van der Waals surface area contributed by atoms with E-state index in [0.29, 0.717) is 5.56 Å². The Balaban J connectivity index is 3.41. The van der Waals surface area contributed by atoms with Crippen molar-refractivity contribution in [2.75, 3.05) is 0 Å². The van der Waals surface area contributed by atoms with E-state index in [-0.39, 0.29) is 16.4 Å². The Kier molecular flexibility index (Phi) is 5.73. The molecule has 5 heteroatoms. The summed E-state index contributed by atoms with van der Waals surface area (Å²) in [6.45, 7) is 12.0. The fourth-order valence-corrected chi connectivity index (χ4v) is 3.49. The van der Waals surface area contributed by atoms with Gasteiger partial charge >= 0.3 is 0 Å². The lowest BCUT2D eigenvalue weighted by atomic mass is 9.86. The van der Waals surface area contributed by atoms with Crippen LogP contribution < -0.4 is 4.74 Å². The maximum Gasteiger partial charge on any atom is 0.261 e. The van der Waals surface area contributed by atoms with Crippen LogP contribution in [0.4, 0.5) is 0 Å². The van der Waals surface area contributed by atoms with Crippen LogP contribution in [0.15, 0.2) is 17.0 Å². The molecule has 0 saturated carbocycles. The molecule has 1 aromatic rings. The van der Waals surface area contributed by atoms with Crippen molar-refractivity contribution in [2.45, 2.75) is 70.8 Å². The van der Waals surface area contributed by atoms with E-state index in [1.54, 1.807) is 19.1 Å². The van der Waals surface area contributed by atoms with Gasteiger partial charge in [0.2, 0.25) is 0 Å². The highest BCUT2D eigenvalue weighted by Gasteiger charge is 2.25. The second-order valence-corrected chi connectivity index (χ2v) is 9.05. The van der Waals surface area contributed by atoms with Gasteiger partial charge in [0, 0.05) is 16.2 Å². The van der Waals surface area contributed by atoms with Gasteiger partial charge in [-0.25, -0.2) is 8.42 Å². The smallest absolute Gasteiger partial charge is 0.261 e. The quantitative estimate of drug-likeness (QED) is 0.728. The predicted molar refractivity (Wildman–Crippen MR) is 87.9 cm³/mol. The molecule has 0 spiro atoms. The van der Waals surface area contributed by atoms with Crippen LogP contribution in [-0.4, -0.2) is 14.5 Å². The standard InChI is InChI=1S/C16H25ClO3S/c1-7-8-12(3)20-14-9-11(2)15(21(17,18)19)10-13(14)16(4,5)6/h9-10,12H,7-8H2,1-6H3. The van der Waals surface area contributed by atoms with Gasteiger partial charge in [0.05, 0.1) is 11.0 Å². The summed E-state index contributed by atoms with van der Waals surface area (Å²) in [6.07, 6.45) is 2.09. The maximum absolute atomic E-state index is 11.7. The molecule has 1 aromatic carbocycles. The summed E-state index contributed by atoms with van der Waals surface area (Å²) in [6, 6.07) is 3.42. The zero-order chi connectivity index (χ0) is 16.4. The molecule has 3 nitrogen and oxygen atoms in total. The molecule has 0 radical (unpaired) electrons. The van der Waals surface area contributed by atoms with E-state index in [9.17, 15) is 8.42 Å². The van der Waals surface area contributed by atoms with Crippen LogP contribution in [0.3, 0.4) is 0 Å². The molecule has 0 amide bonds. The normalized spacial score (nSPS) is 14.0. The first-order chi connectivity index (χ1) is 9.46. The second kappa shape index (κ2) is 6.57. The van der Waals surface area contributed by atoms with Crippen molar-refractivity contribution < 1.29 is 13.2 Å². The minimum Gasteiger partial charge on any atom is -0.490 e. The fraction of sp³-hybridized carbons (Fsp3) is 0.625. The third kappa shape index (κ3) is 4.89. The highest BCUT2D eigenvalue weighted by molar-refractivity contribution is 8.13. The maximum atomic E-state index is 11.7. The Labute approximate surface area is 133 Å². The van der Waals surface area contributed by atoms with E-state index in [1.807, 2.05) is 27.7 Å². The fourth-order valence-electron chi connectivity index (χ4n) is 2.29. The molecule has 1 rings (SSSR count). The number of aryl methyl sites for hydroxylation is 1. The molecule has 21 heavy (non-hydrogen) atoms. The average Bonchev–Trinajstić information content (AvgIpc) is 2.25. The summed E-state index contributed by atoms with van der Waals surface area (Å²) >= 11 is 0. The summed E-state index contributed by atoms with van der Waals surface area (Å²) in [7, 11) is 1.77. The molecule has 120 valence electrons. The van der Waals surface area contributed by atoms with Gasteiger partial charge in [-0.15, -0.1) is 0 Å². The van der Waals surface area contributed by atoms with Crippen LogP contribution in [0.2, 0.25) is 0 Å². The molecule has 0 bridgehead atoms. The summed E-state index contributed by atoms with van der Waals surface area (Å²) in [5, 5.41) is 0. The van der Waals surface area contributed by atoms with Crippen LogP contribution in [0.25, 0.3) is 0 Å². The lowest BCUT2D eigenvalue weighted by Gasteiger charge is -2.26. The van der Waals surface area contributed by atoms with Gasteiger partial charge in [-0.3, -0.25) is 0 Å². The Morgan fingerprint density at radius 2 is 1.86 bits per heavy atom. The van der Waals surface area contributed by atoms with Gasteiger partial charge in [-0.05, 0) is 43.4 Å². The minimum atomic E-state index is -3.76. The number of ether oxygens (including phenoxy) is 1. The molecular weight excluding hydrogens is 308 g/mol. The first-order valence-electron chi connectivity index (χ1n) is 7.23. The van der Waals surface area contributed by atoms with E-state index in [1.165, 1.54) is 0 Å². The summed E-state index contributed by atoms with van der Waals surface area (Å²) in [4.78, 5) is 0.157. The minimum absolute atomic E-state index is 0.0916. The van der Waals surface area contributed by atoms with Crippen molar-refractivity contribution in [1.82, 2.24) is 0 Å². The molecule has 0 aliphatic heterocycles. The monoisotopic (exact) mass is 332 g/mol. The van der Waals surface area contributed by atoms with Gasteiger partial charge in [0.15, 0.2) is 0 Å². The third-order valence-electron chi connectivity index (χ3n) is 3.37. The second-order valence-electron chi connectivity index (χ2n) is 6.52. The van der Waals surface area contributed by atoms with Gasteiger partial charge in [0.25, 0.3) is 9.05 Å².